The van der Waals surface area contributed by atoms with Gasteiger partial charge in [0, 0.05) is 36.8 Å². The van der Waals surface area contributed by atoms with E-state index in [4.69, 9.17) is 0 Å². The highest BCUT2D eigenvalue weighted by Gasteiger charge is 2.25. The third-order valence-electron chi connectivity index (χ3n) is 4.18. The number of aromatic nitrogens is 1. The molecule has 0 spiro atoms. The third kappa shape index (κ3) is 2.62. The van der Waals surface area contributed by atoms with Gasteiger partial charge in [-0.05, 0) is 32.0 Å². The SMILES string of the molecule is CC1CC(NCc2cccc3cccnc23)CN1C. The molecule has 0 amide bonds. The maximum absolute atomic E-state index is 4.51. The van der Waals surface area contributed by atoms with Gasteiger partial charge in [0.2, 0.25) is 0 Å². The summed E-state index contributed by atoms with van der Waals surface area (Å²) in [5, 5.41) is 4.89. The Bertz CT molecular complexity index is 551. The second-order valence-corrected chi connectivity index (χ2v) is 5.59. The van der Waals surface area contributed by atoms with Crippen molar-refractivity contribution in [2.45, 2.75) is 32.0 Å². The number of nitrogens with zero attached hydrogens (tertiary/aromatic N) is 2. The van der Waals surface area contributed by atoms with Crippen LogP contribution in [0.3, 0.4) is 0 Å². The molecule has 0 bridgehead atoms. The van der Waals surface area contributed by atoms with Gasteiger partial charge in [-0.3, -0.25) is 4.98 Å². The van der Waals surface area contributed by atoms with Crippen LogP contribution in [0.5, 0.6) is 0 Å². The van der Waals surface area contributed by atoms with Crippen LogP contribution >= 0.6 is 0 Å². The number of fused-ring (bicyclic) bond motifs is 1. The maximum atomic E-state index is 4.51. The zero-order chi connectivity index (χ0) is 13.2. The summed E-state index contributed by atoms with van der Waals surface area (Å²) < 4.78 is 0. The van der Waals surface area contributed by atoms with E-state index in [1.54, 1.807) is 0 Å². The Labute approximate surface area is 114 Å². The van der Waals surface area contributed by atoms with Crippen molar-refractivity contribution < 1.29 is 0 Å². The van der Waals surface area contributed by atoms with Gasteiger partial charge in [0.1, 0.15) is 0 Å². The number of nitrogens with one attached hydrogen (secondary N) is 1. The zero-order valence-electron chi connectivity index (χ0n) is 11.6. The highest BCUT2D eigenvalue weighted by atomic mass is 15.2. The van der Waals surface area contributed by atoms with Crippen LogP contribution in [0.4, 0.5) is 0 Å². The molecule has 3 nitrogen and oxygen atoms in total. The van der Waals surface area contributed by atoms with Crippen LogP contribution in [0.2, 0.25) is 0 Å². The fourth-order valence-corrected chi connectivity index (χ4v) is 2.91. The van der Waals surface area contributed by atoms with E-state index < -0.39 is 0 Å². The molecule has 2 heterocycles. The summed E-state index contributed by atoms with van der Waals surface area (Å²) in [6.45, 7) is 4.33. The fourth-order valence-electron chi connectivity index (χ4n) is 2.91. The molecule has 1 saturated heterocycles. The van der Waals surface area contributed by atoms with Crippen LogP contribution in [-0.2, 0) is 6.54 Å². The summed E-state index contributed by atoms with van der Waals surface area (Å²) in [6, 6.07) is 11.8. The molecule has 2 unspecified atom stereocenters. The largest absolute Gasteiger partial charge is 0.309 e. The zero-order valence-corrected chi connectivity index (χ0v) is 11.6. The molecular formula is C16H21N3. The van der Waals surface area contributed by atoms with Gasteiger partial charge < -0.3 is 10.2 Å². The minimum atomic E-state index is 0.596. The van der Waals surface area contributed by atoms with Gasteiger partial charge in [-0.25, -0.2) is 0 Å². The number of para-hydroxylation sites is 1. The molecule has 0 aliphatic carbocycles. The summed E-state index contributed by atoms with van der Waals surface area (Å²) >= 11 is 0. The molecule has 1 aliphatic heterocycles. The minimum absolute atomic E-state index is 0.596. The van der Waals surface area contributed by atoms with Crippen LogP contribution in [0.15, 0.2) is 36.5 Å². The lowest BCUT2D eigenvalue weighted by Crippen LogP contribution is -2.31. The van der Waals surface area contributed by atoms with Crippen molar-refractivity contribution in [2.75, 3.05) is 13.6 Å². The normalized spacial score (nSPS) is 24.1. The highest BCUT2D eigenvalue weighted by molar-refractivity contribution is 5.81. The first-order chi connectivity index (χ1) is 9.24. The van der Waals surface area contributed by atoms with Crippen molar-refractivity contribution in [3.05, 3.63) is 42.1 Å². The Morgan fingerprint density at radius 2 is 2.16 bits per heavy atom. The van der Waals surface area contributed by atoms with Gasteiger partial charge >= 0.3 is 0 Å². The molecule has 0 saturated carbocycles. The Hall–Kier alpha value is -1.45. The number of pyridine rings is 1. The Kier molecular flexibility index (Phi) is 3.49. The van der Waals surface area contributed by atoms with E-state index in [0.29, 0.717) is 12.1 Å². The molecule has 2 aromatic rings. The van der Waals surface area contributed by atoms with Gasteiger partial charge in [0.05, 0.1) is 5.52 Å². The molecule has 19 heavy (non-hydrogen) atoms. The lowest BCUT2D eigenvalue weighted by molar-refractivity contribution is 0.326. The minimum Gasteiger partial charge on any atom is -0.309 e. The smallest absolute Gasteiger partial charge is 0.0746 e. The molecule has 3 heteroatoms. The number of hydrogen-bond acceptors (Lipinski definition) is 3. The molecular weight excluding hydrogens is 234 g/mol. The maximum Gasteiger partial charge on any atom is 0.0746 e. The summed E-state index contributed by atoms with van der Waals surface area (Å²) in [7, 11) is 2.20. The Balaban J connectivity index is 1.72. The molecule has 3 rings (SSSR count). The van der Waals surface area contributed by atoms with Crippen molar-refractivity contribution >= 4 is 10.9 Å². The summed E-state index contributed by atoms with van der Waals surface area (Å²) in [6.07, 6.45) is 3.10. The predicted octanol–water partition coefficient (Wildman–Crippen LogP) is 2.42. The van der Waals surface area contributed by atoms with E-state index in [9.17, 15) is 0 Å². The topological polar surface area (TPSA) is 28.2 Å². The van der Waals surface area contributed by atoms with Crippen molar-refractivity contribution in [1.82, 2.24) is 15.2 Å². The monoisotopic (exact) mass is 255 g/mol. The predicted molar refractivity (Wildman–Crippen MR) is 79.1 cm³/mol. The average molecular weight is 255 g/mol. The number of benzene rings is 1. The standard InChI is InChI=1S/C16H21N3/c1-12-9-15(11-19(12)2)18-10-14-6-3-5-13-7-4-8-17-16(13)14/h3-8,12,15,18H,9-11H2,1-2H3. The first-order valence-corrected chi connectivity index (χ1v) is 7.00. The van der Waals surface area contributed by atoms with Gasteiger partial charge in [0.25, 0.3) is 0 Å². The van der Waals surface area contributed by atoms with Gasteiger partial charge in [-0.2, -0.15) is 0 Å². The van der Waals surface area contributed by atoms with E-state index in [1.807, 2.05) is 12.3 Å². The number of likely N-dealkylation sites (tertiary alicyclic amines) is 1. The Morgan fingerprint density at radius 1 is 1.32 bits per heavy atom. The summed E-state index contributed by atoms with van der Waals surface area (Å²) in [4.78, 5) is 6.92. The Morgan fingerprint density at radius 3 is 2.95 bits per heavy atom. The average Bonchev–Trinajstić information content (AvgIpc) is 2.75. The molecule has 1 N–H and O–H groups in total. The molecule has 0 radical (unpaired) electrons. The summed E-state index contributed by atoms with van der Waals surface area (Å²) in [5.41, 5.74) is 2.41. The van der Waals surface area contributed by atoms with Crippen LogP contribution in [-0.4, -0.2) is 35.6 Å². The number of rotatable bonds is 3. The molecule has 1 fully saturated rings. The van der Waals surface area contributed by atoms with E-state index in [-0.39, 0.29) is 0 Å². The van der Waals surface area contributed by atoms with Crippen molar-refractivity contribution in [2.24, 2.45) is 0 Å². The van der Waals surface area contributed by atoms with Crippen molar-refractivity contribution in [3.8, 4) is 0 Å². The van der Waals surface area contributed by atoms with Gasteiger partial charge in [-0.1, -0.05) is 24.3 Å². The first-order valence-electron chi connectivity index (χ1n) is 7.00. The lowest BCUT2D eigenvalue weighted by Gasteiger charge is -2.14. The quantitative estimate of drug-likeness (QED) is 0.913. The van der Waals surface area contributed by atoms with Crippen LogP contribution < -0.4 is 5.32 Å². The van der Waals surface area contributed by atoms with Crippen molar-refractivity contribution in [3.63, 3.8) is 0 Å². The van der Waals surface area contributed by atoms with Crippen LogP contribution in [0.25, 0.3) is 10.9 Å². The van der Waals surface area contributed by atoms with Crippen molar-refractivity contribution in [1.29, 1.82) is 0 Å². The fraction of sp³-hybridized carbons (Fsp3) is 0.438. The first kappa shape index (κ1) is 12.6. The van der Waals surface area contributed by atoms with E-state index in [0.717, 1.165) is 18.6 Å². The lowest BCUT2D eigenvalue weighted by atomic mass is 10.1. The second-order valence-electron chi connectivity index (χ2n) is 5.59. The van der Waals surface area contributed by atoms with E-state index >= 15 is 0 Å². The van der Waals surface area contributed by atoms with Gasteiger partial charge in [0.15, 0.2) is 0 Å². The molecule has 100 valence electrons. The van der Waals surface area contributed by atoms with Gasteiger partial charge in [-0.15, -0.1) is 0 Å². The van der Waals surface area contributed by atoms with Crippen LogP contribution in [0, 0.1) is 0 Å². The third-order valence-corrected chi connectivity index (χ3v) is 4.18. The van der Waals surface area contributed by atoms with Crippen LogP contribution in [0.1, 0.15) is 18.9 Å². The number of hydrogen-bond donors (Lipinski definition) is 1. The summed E-state index contributed by atoms with van der Waals surface area (Å²) in [5.74, 6) is 0. The molecule has 1 aliphatic rings. The second kappa shape index (κ2) is 5.27. The van der Waals surface area contributed by atoms with E-state index in [2.05, 4.69) is 53.4 Å². The van der Waals surface area contributed by atoms with E-state index in [1.165, 1.54) is 17.4 Å². The molecule has 1 aromatic heterocycles. The molecule has 2 atom stereocenters. The number of likely N-dealkylation sites (N-methyl/N-ethyl adjacent to an activating group) is 1. The molecule has 1 aromatic carbocycles. The highest BCUT2D eigenvalue weighted by Crippen LogP contribution is 2.18.